The van der Waals surface area contributed by atoms with Gasteiger partial charge in [-0.1, -0.05) is 13.8 Å². The van der Waals surface area contributed by atoms with E-state index in [1.54, 1.807) is 0 Å². The Balaban J connectivity index is 2.77. The molecule has 0 aromatic heterocycles. The third kappa shape index (κ3) is 4.38. The molecule has 0 saturated heterocycles. The molecule has 0 heterocycles. The van der Waals surface area contributed by atoms with E-state index in [4.69, 9.17) is 0 Å². The second kappa shape index (κ2) is 6.85. The SMILES string of the molecule is CCCNC(CC)CS(=O)(=O)c1ccc(F)cc1. The maximum Gasteiger partial charge on any atom is 0.179 e. The highest BCUT2D eigenvalue weighted by Gasteiger charge is 2.19. The van der Waals surface area contributed by atoms with Gasteiger partial charge in [0.2, 0.25) is 0 Å². The molecule has 1 N–H and O–H groups in total. The first-order valence-electron chi connectivity index (χ1n) is 6.21. The highest BCUT2D eigenvalue weighted by atomic mass is 32.2. The Morgan fingerprint density at radius 3 is 2.33 bits per heavy atom. The van der Waals surface area contributed by atoms with Crippen LogP contribution in [0.15, 0.2) is 29.2 Å². The van der Waals surface area contributed by atoms with Crippen molar-refractivity contribution in [3.05, 3.63) is 30.1 Å². The standard InChI is InChI=1S/C13H20FNO2S/c1-3-9-15-12(4-2)10-18(16,17)13-7-5-11(14)6-8-13/h5-8,12,15H,3-4,9-10H2,1-2H3. The fourth-order valence-electron chi connectivity index (χ4n) is 1.67. The van der Waals surface area contributed by atoms with Gasteiger partial charge in [0.15, 0.2) is 9.84 Å². The molecule has 0 aliphatic heterocycles. The van der Waals surface area contributed by atoms with Crippen LogP contribution in [-0.4, -0.2) is 26.8 Å². The van der Waals surface area contributed by atoms with E-state index in [-0.39, 0.29) is 16.7 Å². The average molecular weight is 273 g/mol. The average Bonchev–Trinajstić information content (AvgIpc) is 2.35. The van der Waals surface area contributed by atoms with E-state index >= 15 is 0 Å². The third-order valence-corrected chi connectivity index (χ3v) is 4.60. The van der Waals surface area contributed by atoms with Crippen LogP contribution in [0.25, 0.3) is 0 Å². The van der Waals surface area contributed by atoms with Crippen molar-refractivity contribution < 1.29 is 12.8 Å². The van der Waals surface area contributed by atoms with E-state index in [1.807, 2.05) is 13.8 Å². The van der Waals surface area contributed by atoms with Gasteiger partial charge in [-0.15, -0.1) is 0 Å². The van der Waals surface area contributed by atoms with E-state index in [9.17, 15) is 12.8 Å². The molecule has 0 aliphatic rings. The molecule has 0 radical (unpaired) electrons. The first-order valence-corrected chi connectivity index (χ1v) is 7.86. The predicted molar refractivity (Wildman–Crippen MR) is 70.8 cm³/mol. The van der Waals surface area contributed by atoms with Crippen molar-refractivity contribution in [1.82, 2.24) is 5.32 Å². The van der Waals surface area contributed by atoms with Gasteiger partial charge in [-0.3, -0.25) is 0 Å². The fraction of sp³-hybridized carbons (Fsp3) is 0.538. The monoisotopic (exact) mass is 273 g/mol. The van der Waals surface area contributed by atoms with Gasteiger partial charge >= 0.3 is 0 Å². The molecule has 0 fully saturated rings. The number of halogens is 1. The summed E-state index contributed by atoms with van der Waals surface area (Å²) in [4.78, 5) is 0.181. The van der Waals surface area contributed by atoms with Crippen molar-refractivity contribution in [2.75, 3.05) is 12.3 Å². The van der Waals surface area contributed by atoms with Crippen LogP contribution in [0.5, 0.6) is 0 Å². The fourth-order valence-corrected chi connectivity index (χ4v) is 3.30. The number of benzene rings is 1. The summed E-state index contributed by atoms with van der Waals surface area (Å²) < 4.78 is 37.0. The predicted octanol–water partition coefficient (Wildman–Crippen LogP) is 2.38. The summed E-state index contributed by atoms with van der Waals surface area (Å²) in [7, 11) is -3.35. The van der Waals surface area contributed by atoms with Crippen LogP contribution >= 0.6 is 0 Å². The minimum Gasteiger partial charge on any atom is -0.313 e. The van der Waals surface area contributed by atoms with Crippen molar-refractivity contribution in [3.63, 3.8) is 0 Å². The maximum absolute atomic E-state index is 12.8. The topological polar surface area (TPSA) is 46.2 Å². The molecular weight excluding hydrogens is 253 g/mol. The zero-order chi connectivity index (χ0) is 13.6. The summed E-state index contributed by atoms with van der Waals surface area (Å²) in [6, 6.07) is 4.93. The normalized spacial score (nSPS) is 13.5. The van der Waals surface area contributed by atoms with E-state index in [0.717, 1.165) is 19.4 Å². The molecule has 1 aromatic rings. The minimum atomic E-state index is -3.35. The second-order valence-corrected chi connectivity index (χ2v) is 6.33. The zero-order valence-electron chi connectivity index (χ0n) is 10.8. The lowest BCUT2D eigenvalue weighted by Gasteiger charge is -2.16. The number of rotatable bonds is 7. The van der Waals surface area contributed by atoms with Gasteiger partial charge in [0.25, 0.3) is 0 Å². The molecule has 1 rings (SSSR count). The zero-order valence-corrected chi connectivity index (χ0v) is 11.6. The molecule has 102 valence electrons. The summed E-state index contributed by atoms with van der Waals surface area (Å²) in [5.41, 5.74) is 0. The lowest BCUT2D eigenvalue weighted by Crippen LogP contribution is -2.35. The molecule has 1 unspecified atom stereocenters. The van der Waals surface area contributed by atoms with Gasteiger partial charge in [0, 0.05) is 6.04 Å². The Hall–Kier alpha value is -0.940. The van der Waals surface area contributed by atoms with Crippen LogP contribution in [0.1, 0.15) is 26.7 Å². The lowest BCUT2D eigenvalue weighted by molar-refractivity contribution is 0.519. The summed E-state index contributed by atoms with van der Waals surface area (Å²) in [5, 5.41) is 3.20. The van der Waals surface area contributed by atoms with Crippen LogP contribution in [0.4, 0.5) is 4.39 Å². The Morgan fingerprint density at radius 2 is 1.83 bits per heavy atom. The molecule has 1 aromatic carbocycles. The van der Waals surface area contributed by atoms with Crippen LogP contribution in [0.3, 0.4) is 0 Å². The molecule has 5 heteroatoms. The smallest absolute Gasteiger partial charge is 0.179 e. The first kappa shape index (κ1) is 15.1. The number of hydrogen-bond donors (Lipinski definition) is 1. The second-order valence-electron chi connectivity index (χ2n) is 4.29. The van der Waals surface area contributed by atoms with Gasteiger partial charge in [-0.2, -0.15) is 0 Å². The Morgan fingerprint density at radius 1 is 1.22 bits per heavy atom. The summed E-state index contributed by atoms with van der Waals surface area (Å²) in [6.07, 6.45) is 1.72. The molecule has 0 aliphatic carbocycles. The van der Waals surface area contributed by atoms with Crippen molar-refractivity contribution in [1.29, 1.82) is 0 Å². The van der Waals surface area contributed by atoms with Gasteiger partial charge in [0.1, 0.15) is 5.82 Å². The van der Waals surface area contributed by atoms with Crippen LogP contribution in [0, 0.1) is 5.82 Å². The van der Waals surface area contributed by atoms with E-state index in [1.165, 1.54) is 24.3 Å². The minimum absolute atomic E-state index is 0.0507. The first-order chi connectivity index (χ1) is 8.49. The molecule has 0 bridgehead atoms. The highest BCUT2D eigenvalue weighted by Crippen LogP contribution is 2.13. The van der Waals surface area contributed by atoms with Gasteiger partial charge in [0.05, 0.1) is 10.6 Å². The molecular formula is C13H20FNO2S. The molecule has 0 amide bonds. The van der Waals surface area contributed by atoms with Crippen molar-refractivity contribution in [3.8, 4) is 0 Å². The van der Waals surface area contributed by atoms with E-state index < -0.39 is 15.7 Å². The van der Waals surface area contributed by atoms with Crippen molar-refractivity contribution in [2.24, 2.45) is 0 Å². The molecule has 3 nitrogen and oxygen atoms in total. The van der Waals surface area contributed by atoms with Crippen LogP contribution in [0.2, 0.25) is 0 Å². The number of hydrogen-bond acceptors (Lipinski definition) is 3. The summed E-state index contributed by atoms with van der Waals surface area (Å²) in [5.74, 6) is -0.375. The lowest BCUT2D eigenvalue weighted by atomic mass is 10.2. The largest absolute Gasteiger partial charge is 0.313 e. The van der Waals surface area contributed by atoms with Crippen LogP contribution in [-0.2, 0) is 9.84 Å². The quantitative estimate of drug-likeness (QED) is 0.776. The number of sulfone groups is 1. The molecule has 1 atom stereocenters. The molecule has 0 saturated carbocycles. The summed E-state index contributed by atoms with van der Waals surface area (Å²) >= 11 is 0. The third-order valence-electron chi connectivity index (χ3n) is 2.77. The highest BCUT2D eigenvalue weighted by molar-refractivity contribution is 7.91. The van der Waals surface area contributed by atoms with Crippen molar-refractivity contribution >= 4 is 9.84 Å². The Kier molecular flexibility index (Phi) is 5.75. The molecule has 18 heavy (non-hydrogen) atoms. The summed E-state index contributed by atoms with van der Waals surface area (Å²) in [6.45, 7) is 4.79. The van der Waals surface area contributed by atoms with Gasteiger partial charge < -0.3 is 5.32 Å². The van der Waals surface area contributed by atoms with E-state index in [0.29, 0.717) is 0 Å². The van der Waals surface area contributed by atoms with Gasteiger partial charge in [-0.25, -0.2) is 12.8 Å². The number of nitrogens with one attached hydrogen (secondary N) is 1. The van der Waals surface area contributed by atoms with Crippen LogP contribution < -0.4 is 5.32 Å². The van der Waals surface area contributed by atoms with E-state index in [2.05, 4.69) is 5.32 Å². The molecule has 0 spiro atoms. The maximum atomic E-state index is 12.8. The Labute approximate surface area is 108 Å². The van der Waals surface area contributed by atoms with Crippen molar-refractivity contribution in [2.45, 2.75) is 37.6 Å². The van der Waals surface area contributed by atoms with Gasteiger partial charge in [-0.05, 0) is 43.7 Å². The Bertz CT molecular complexity index is 456.